The SMILES string of the molecule is N#Cc1c(F)cccc1Nc1cc(F)cc([N+](=O)[O-])c1. The number of nitrogens with one attached hydrogen (secondary N) is 1. The van der Waals surface area contributed by atoms with E-state index in [1.54, 1.807) is 6.07 Å². The molecule has 0 unspecified atom stereocenters. The van der Waals surface area contributed by atoms with Gasteiger partial charge in [-0.25, -0.2) is 8.78 Å². The summed E-state index contributed by atoms with van der Waals surface area (Å²) in [5.41, 5.74) is -0.534. The molecule has 20 heavy (non-hydrogen) atoms. The highest BCUT2D eigenvalue weighted by Gasteiger charge is 2.12. The maximum atomic E-state index is 13.4. The standard InChI is InChI=1S/C13H7F2N3O2/c14-8-4-9(6-10(5-8)18(19)20)17-13-3-1-2-12(15)11(13)7-16/h1-6,17H. The number of nitrogens with zero attached hydrogens (tertiary/aromatic N) is 2. The van der Waals surface area contributed by atoms with Gasteiger partial charge >= 0.3 is 0 Å². The van der Waals surface area contributed by atoms with Gasteiger partial charge in [-0.05, 0) is 18.2 Å². The molecule has 0 aliphatic rings. The molecule has 0 heterocycles. The average molecular weight is 275 g/mol. The number of rotatable bonds is 3. The minimum atomic E-state index is -0.809. The highest BCUT2D eigenvalue weighted by Crippen LogP contribution is 2.26. The monoisotopic (exact) mass is 275 g/mol. The summed E-state index contributed by atoms with van der Waals surface area (Å²) >= 11 is 0. The molecule has 0 atom stereocenters. The van der Waals surface area contributed by atoms with E-state index in [1.807, 2.05) is 0 Å². The van der Waals surface area contributed by atoms with Gasteiger partial charge in [0.25, 0.3) is 5.69 Å². The summed E-state index contributed by atoms with van der Waals surface area (Å²) in [5, 5.41) is 22.1. The van der Waals surface area contributed by atoms with E-state index in [9.17, 15) is 18.9 Å². The topological polar surface area (TPSA) is 79.0 Å². The van der Waals surface area contributed by atoms with E-state index < -0.39 is 22.2 Å². The van der Waals surface area contributed by atoms with Crippen molar-refractivity contribution in [2.45, 2.75) is 0 Å². The van der Waals surface area contributed by atoms with Gasteiger partial charge in [0.1, 0.15) is 23.3 Å². The molecule has 2 aromatic carbocycles. The second-order valence-corrected chi connectivity index (χ2v) is 3.85. The Bertz CT molecular complexity index is 726. The van der Waals surface area contributed by atoms with Crippen LogP contribution in [0.5, 0.6) is 0 Å². The molecule has 2 rings (SSSR count). The molecule has 0 spiro atoms. The highest BCUT2D eigenvalue weighted by atomic mass is 19.1. The first-order chi connectivity index (χ1) is 9.51. The maximum absolute atomic E-state index is 13.4. The summed E-state index contributed by atoms with van der Waals surface area (Å²) in [6.45, 7) is 0. The second kappa shape index (κ2) is 5.32. The maximum Gasteiger partial charge on any atom is 0.274 e. The Morgan fingerprint density at radius 2 is 2.00 bits per heavy atom. The van der Waals surface area contributed by atoms with E-state index in [1.165, 1.54) is 12.1 Å². The lowest BCUT2D eigenvalue weighted by atomic mass is 10.1. The molecule has 0 saturated carbocycles. The third-order valence-corrected chi connectivity index (χ3v) is 2.50. The van der Waals surface area contributed by atoms with E-state index >= 15 is 0 Å². The summed E-state index contributed by atoms with van der Waals surface area (Å²) in [5.74, 6) is -1.54. The second-order valence-electron chi connectivity index (χ2n) is 3.85. The van der Waals surface area contributed by atoms with Gasteiger partial charge in [0.2, 0.25) is 0 Å². The van der Waals surface area contributed by atoms with E-state index in [-0.39, 0.29) is 16.9 Å². The number of nitriles is 1. The number of nitro groups is 1. The van der Waals surface area contributed by atoms with Gasteiger partial charge in [-0.2, -0.15) is 5.26 Å². The zero-order chi connectivity index (χ0) is 14.7. The molecule has 5 nitrogen and oxygen atoms in total. The molecule has 1 N–H and O–H groups in total. The van der Waals surface area contributed by atoms with Crippen molar-refractivity contribution in [1.29, 1.82) is 5.26 Å². The lowest BCUT2D eigenvalue weighted by molar-refractivity contribution is -0.385. The zero-order valence-corrected chi connectivity index (χ0v) is 9.93. The largest absolute Gasteiger partial charge is 0.354 e. The van der Waals surface area contributed by atoms with E-state index in [4.69, 9.17) is 5.26 Å². The molecule has 0 aliphatic carbocycles. The van der Waals surface area contributed by atoms with Crippen molar-refractivity contribution >= 4 is 17.1 Å². The van der Waals surface area contributed by atoms with Crippen LogP contribution in [0.25, 0.3) is 0 Å². The molecule has 0 saturated heterocycles. The summed E-state index contributed by atoms with van der Waals surface area (Å²) in [4.78, 5) is 9.89. The van der Waals surface area contributed by atoms with Crippen LogP contribution in [0.1, 0.15) is 5.56 Å². The third kappa shape index (κ3) is 2.70. The van der Waals surface area contributed by atoms with Gasteiger partial charge in [0.15, 0.2) is 0 Å². The van der Waals surface area contributed by atoms with Crippen LogP contribution in [0.3, 0.4) is 0 Å². The van der Waals surface area contributed by atoms with Crippen molar-refractivity contribution in [3.8, 4) is 6.07 Å². The Labute approximate surface area is 112 Å². The number of anilines is 2. The average Bonchev–Trinajstić information content (AvgIpc) is 2.38. The molecule has 7 heteroatoms. The highest BCUT2D eigenvalue weighted by molar-refractivity contribution is 5.68. The molecule has 2 aromatic rings. The molecule has 100 valence electrons. The number of hydrogen-bond donors (Lipinski definition) is 1. The fourth-order valence-corrected chi connectivity index (χ4v) is 1.65. The smallest absolute Gasteiger partial charge is 0.274 e. The molecule has 0 bridgehead atoms. The third-order valence-electron chi connectivity index (χ3n) is 2.50. The Hall–Kier alpha value is -3.01. The Balaban J connectivity index is 2.43. The molecule has 0 radical (unpaired) electrons. The predicted molar refractivity (Wildman–Crippen MR) is 67.5 cm³/mol. The summed E-state index contributed by atoms with van der Waals surface area (Å²) in [6, 6.07) is 8.43. The van der Waals surface area contributed by atoms with Crippen LogP contribution in [0.2, 0.25) is 0 Å². The lowest BCUT2D eigenvalue weighted by Gasteiger charge is -2.08. The van der Waals surface area contributed by atoms with E-state index in [2.05, 4.69) is 5.32 Å². The summed E-state index contributed by atoms with van der Waals surface area (Å²) in [7, 11) is 0. The molecular weight excluding hydrogens is 268 g/mol. The van der Waals surface area contributed by atoms with Crippen molar-refractivity contribution in [2.24, 2.45) is 0 Å². The minimum absolute atomic E-state index is 0.0544. The van der Waals surface area contributed by atoms with E-state index in [0.717, 1.165) is 24.3 Å². The number of nitro benzene ring substituents is 1. The lowest BCUT2D eigenvalue weighted by Crippen LogP contribution is -1.98. The Kier molecular flexibility index (Phi) is 3.57. The fourth-order valence-electron chi connectivity index (χ4n) is 1.65. The number of halogens is 2. The summed E-state index contributed by atoms with van der Waals surface area (Å²) in [6.07, 6.45) is 0. The van der Waals surface area contributed by atoms with Crippen molar-refractivity contribution in [1.82, 2.24) is 0 Å². The van der Waals surface area contributed by atoms with Crippen LogP contribution in [-0.4, -0.2) is 4.92 Å². The molecule has 0 amide bonds. The predicted octanol–water partition coefficient (Wildman–Crippen LogP) is 3.49. The molecular formula is C13H7F2N3O2. The normalized spacial score (nSPS) is 9.85. The van der Waals surface area contributed by atoms with Crippen molar-refractivity contribution in [2.75, 3.05) is 5.32 Å². The fraction of sp³-hybridized carbons (Fsp3) is 0. The van der Waals surface area contributed by atoms with Gasteiger partial charge in [-0.15, -0.1) is 0 Å². The number of hydrogen-bond acceptors (Lipinski definition) is 4. The van der Waals surface area contributed by atoms with Crippen LogP contribution in [-0.2, 0) is 0 Å². The minimum Gasteiger partial charge on any atom is -0.354 e. The van der Waals surface area contributed by atoms with Gasteiger partial charge in [0.05, 0.1) is 16.7 Å². The van der Waals surface area contributed by atoms with Crippen LogP contribution in [0, 0.1) is 33.1 Å². The molecule has 0 aromatic heterocycles. The van der Waals surface area contributed by atoms with Crippen molar-refractivity contribution < 1.29 is 13.7 Å². The summed E-state index contributed by atoms with van der Waals surface area (Å²) < 4.78 is 26.7. The first kappa shape index (κ1) is 13.4. The van der Waals surface area contributed by atoms with E-state index in [0.29, 0.717) is 0 Å². The van der Waals surface area contributed by atoms with Crippen LogP contribution < -0.4 is 5.32 Å². The first-order valence-electron chi connectivity index (χ1n) is 5.42. The van der Waals surface area contributed by atoms with Gasteiger partial charge in [0, 0.05) is 11.8 Å². The molecule has 0 aliphatic heterocycles. The van der Waals surface area contributed by atoms with Gasteiger partial charge in [-0.3, -0.25) is 10.1 Å². The zero-order valence-electron chi connectivity index (χ0n) is 9.93. The Morgan fingerprint density at radius 3 is 2.65 bits per heavy atom. The van der Waals surface area contributed by atoms with Crippen LogP contribution in [0.15, 0.2) is 36.4 Å². The quantitative estimate of drug-likeness (QED) is 0.687. The number of benzene rings is 2. The Morgan fingerprint density at radius 1 is 1.25 bits per heavy atom. The van der Waals surface area contributed by atoms with Crippen LogP contribution in [0.4, 0.5) is 25.8 Å². The first-order valence-corrected chi connectivity index (χ1v) is 5.42. The van der Waals surface area contributed by atoms with Crippen LogP contribution >= 0.6 is 0 Å². The number of non-ortho nitro benzene ring substituents is 1. The van der Waals surface area contributed by atoms with Crippen molar-refractivity contribution in [3.05, 3.63) is 63.7 Å². The van der Waals surface area contributed by atoms with Gasteiger partial charge < -0.3 is 5.32 Å². The van der Waals surface area contributed by atoms with Gasteiger partial charge in [-0.1, -0.05) is 6.07 Å². The molecule has 0 fully saturated rings. The van der Waals surface area contributed by atoms with Crippen molar-refractivity contribution in [3.63, 3.8) is 0 Å².